The third kappa shape index (κ3) is 3.45. The molecule has 1 aliphatic heterocycles. The Balaban J connectivity index is 2.02. The SMILES string of the molecule is CN(C)S(=O)(=O)c1ccc(NCC2(C)CCCS2)nc1. The average Bonchev–Trinajstić information content (AvgIpc) is 2.84. The van der Waals surface area contributed by atoms with Gasteiger partial charge in [-0.3, -0.25) is 0 Å². The van der Waals surface area contributed by atoms with E-state index < -0.39 is 10.0 Å². The van der Waals surface area contributed by atoms with Gasteiger partial charge in [0.1, 0.15) is 10.7 Å². The van der Waals surface area contributed by atoms with Crippen LogP contribution < -0.4 is 5.32 Å². The van der Waals surface area contributed by atoms with Crippen LogP contribution in [0.1, 0.15) is 19.8 Å². The standard InChI is InChI=1S/C13H21N3O2S2/c1-13(7-4-8-19-13)10-15-12-6-5-11(9-14-12)20(17,18)16(2)3/h5-6,9H,4,7-8,10H2,1-3H3,(H,14,15). The number of sulfonamides is 1. The normalized spacial score (nSPS) is 23.2. The Bertz CT molecular complexity index is 549. The molecular weight excluding hydrogens is 294 g/mol. The first-order valence-electron chi connectivity index (χ1n) is 6.60. The number of hydrogen-bond acceptors (Lipinski definition) is 5. The van der Waals surface area contributed by atoms with Crippen LogP contribution in [0.3, 0.4) is 0 Å². The van der Waals surface area contributed by atoms with Crippen LogP contribution in [0.5, 0.6) is 0 Å². The molecule has 1 aliphatic rings. The van der Waals surface area contributed by atoms with Crippen LogP contribution in [0.4, 0.5) is 5.82 Å². The molecule has 0 radical (unpaired) electrons. The van der Waals surface area contributed by atoms with Gasteiger partial charge in [-0.2, -0.15) is 11.8 Å². The number of nitrogens with one attached hydrogen (secondary N) is 1. The van der Waals surface area contributed by atoms with Crippen LogP contribution >= 0.6 is 11.8 Å². The molecule has 7 heteroatoms. The number of hydrogen-bond donors (Lipinski definition) is 1. The second kappa shape index (κ2) is 5.91. The first kappa shape index (κ1) is 15.6. The van der Waals surface area contributed by atoms with Gasteiger partial charge in [-0.25, -0.2) is 17.7 Å². The third-order valence-corrected chi connectivity index (χ3v) is 6.80. The van der Waals surface area contributed by atoms with Crippen molar-refractivity contribution in [3.05, 3.63) is 18.3 Å². The maximum absolute atomic E-state index is 11.9. The van der Waals surface area contributed by atoms with Crippen molar-refractivity contribution >= 4 is 27.6 Å². The summed E-state index contributed by atoms with van der Waals surface area (Å²) in [6.07, 6.45) is 3.87. The maximum Gasteiger partial charge on any atom is 0.244 e. The predicted octanol–water partition coefficient (Wildman–Crippen LogP) is 2.03. The van der Waals surface area contributed by atoms with Crippen LogP contribution in [0, 0.1) is 0 Å². The summed E-state index contributed by atoms with van der Waals surface area (Å²) in [5.74, 6) is 1.93. The largest absolute Gasteiger partial charge is 0.369 e. The molecule has 1 unspecified atom stereocenters. The first-order chi connectivity index (χ1) is 9.33. The minimum absolute atomic E-state index is 0.217. The summed E-state index contributed by atoms with van der Waals surface area (Å²) >= 11 is 1.98. The van der Waals surface area contributed by atoms with Crippen molar-refractivity contribution in [2.75, 3.05) is 31.7 Å². The van der Waals surface area contributed by atoms with Crippen molar-refractivity contribution in [1.82, 2.24) is 9.29 Å². The summed E-state index contributed by atoms with van der Waals surface area (Å²) in [5.41, 5.74) is 0. The van der Waals surface area contributed by atoms with E-state index in [1.54, 1.807) is 12.1 Å². The average molecular weight is 315 g/mol. The van der Waals surface area contributed by atoms with Gasteiger partial charge < -0.3 is 5.32 Å². The molecule has 0 bridgehead atoms. The van der Waals surface area contributed by atoms with Crippen LogP contribution in [0.2, 0.25) is 0 Å². The summed E-state index contributed by atoms with van der Waals surface area (Å²) in [4.78, 5) is 4.41. The van der Waals surface area contributed by atoms with Crippen LogP contribution in [0.25, 0.3) is 0 Å². The van der Waals surface area contributed by atoms with Crippen molar-refractivity contribution in [1.29, 1.82) is 0 Å². The molecule has 112 valence electrons. The maximum atomic E-state index is 11.9. The second-order valence-electron chi connectivity index (χ2n) is 5.42. The van der Waals surface area contributed by atoms with E-state index in [4.69, 9.17) is 0 Å². The van der Waals surface area contributed by atoms with Crippen LogP contribution in [-0.2, 0) is 10.0 Å². The molecule has 2 heterocycles. The van der Waals surface area contributed by atoms with E-state index >= 15 is 0 Å². The molecule has 0 aliphatic carbocycles. The Morgan fingerprint density at radius 3 is 2.70 bits per heavy atom. The van der Waals surface area contributed by atoms with Gasteiger partial charge in [0.2, 0.25) is 10.0 Å². The van der Waals surface area contributed by atoms with Gasteiger partial charge in [-0.15, -0.1) is 0 Å². The molecule has 2 rings (SSSR count). The van der Waals surface area contributed by atoms with Gasteiger partial charge in [0.15, 0.2) is 0 Å². The fourth-order valence-corrected chi connectivity index (χ4v) is 4.19. The van der Waals surface area contributed by atoms with E-state index in [1.165, 1.54) is 43.2 Å². The highest BCUT2D eigenvalue weighted by molar-refractivity contribution is 8.00. The molecule has 1 N–H and O–H groups in total. The Morgan fingerprint density at radius 2 is 2.20 bits per heavy atom. The number of pyridine rings is 1. The summed E-state index contributed by atoms with van der Waals surface area (Å²) in [6.45, 7) is 3.10. The fraction of sp³-hybridized carbons (Fsp3) is 0.615. The van der Waals surface area contributed by atoms with Gasteiger partial charge in [0, 0.05) is 31.6 Å². The van der Waals surface area contributed by atoms with Gasteiger partial charge in [-0.1, -0.05) is 0 Å². The van der Waals surface area contributed by atoms with Gasteiger partial charge in [0.25, 0.3) is 0 Å². The molecular formula is C13H21N3O2S2. The highest BCUT2D eigenvalue weighted by atomic mass is 32.2. The Hall–Kier alpha value is -0.790. The summed E-state index contributed by atoms with van der Waals surface area (Å²) < 4.78 is 25.3. The van der Waals surface area contributed by atoms with Gasteiger partial charge in [0.05, 0.1) is 0 Å². The second-order valence-corrected chi connectivity index (χ2v) is 9.26. The number of nitrogens with zero attached hydrogens (tertiary/aromatic N) is 2. The van der Waals surface area contributed by atoms with Crippen molar-refractivity contribution in [2.24, 2.45) is 0 Å². The van der Waals surface area contributed by atoms with Crippen LogP contribution in [0.15, 0.2) is 23.2 Å². The predicted molar refractivity (Wildman–Crippen MR) is 83.7 cm³/mol. The Morgan fingerprint density at radius 1 is 1.45 bits per heavy atom. The van der Waals surface area contributed by atoms with E-state index in [-0.39, 0.29) is 9.64 Å². The smallest absolute Gasteiger partial charge is 0.244 e. The molecule has 1 fully saturated rings. The quantitative estimate of drug-likeness (QED) is 0.901. The lowest BCUT2D eigenvalue weighted by Gasteiger charge is -2.23. The zero-order valence-electron chi connectivity index (χ0n) is 12.1. The molecule has 1 atom stereocenters. The van der Waals surface area contributed by atoms with E-state index in [9.17, 15) is 8.42 Å². The van der Waals surface area contributed by atoms with E-state index in [0.717, 1.165) is 12.4 Å². The Kier molecular flexibility index (Phi) is 4.61. The van der Waals surface area contributed by atoms with Crippen molar-refractivity contribution in [3.8, 4) is 0 Å². The van der Waals surface area contributed by atoms with Gasteiger partial charge >= 0.3 is 0 Å². The lowest BCUT2D eigenvalue weighted by atomic mass is 10.1. The molecule has 0 amide bonds. The molecule has 1 aromatic rings. The van der Waals surface area contributed by atoms with Crippen molar-refractivity contribution in [3.63, 3.8) is 0 Å². The topological polar surface area (TPSA) is 62.3 Å². The monoisotopic (exact) mass is 315 g/mol. The van der Waals surface area contributed by atoms with Crippen molar-refractivity contribution in [2.45, 2.75) is 29.4 Å². The molecule has 1 aromatic heterocycles. The van der Waals surface area contributed by atoms with Crippen LogP contribution in [-0.4, -0.2) is 48.8 Å². The van der Waals surface area contributed by atoms with E-state index in [1.807, 2.05) is 11.8 Å². The first-order valence-corrected chi connectivity index (χ1v) is 9.02. The minimum Gasteiger partial charge on any atom is -0.369 e. The van der Waals surface area contributed by atoms with E-state index in [2.05, 4.69) is 17.2 Å². The number of rotatable bonds is 5. The molecule has 1 saturated heterocycles. The number of aromatic nitrogens is 1. The Labute approximate surface area is 125 Å². The fourth-order valence-electron chi connectivity index (χ4n) is 2.10. The molecule has 20 heavy (non-hydrogen) atoms. The third-order valence-electron chi connectivity index (χ3n) is 3.46. The summed E-state index contributed by atoms with van der Waals surface area (Å²) in [6, 6.07) is 3.31. The number of thioether (sulfide) groups is 1. The highest BCUT2D eigenvalue weighted by Crippen LogP contribution is 2.37. The molecule has 0 saturated carbocycles. The zero-order chi connectivity index (χ0) is 14.8. The van der Waals surface area contributed by atoms with Gasteiger partial charge in [-0.05, 0) is 37.7 Å². The molecule has 5 nitrogen and oxygen atoms in total. The molecule has 0 aromatic carbocycles. The lowest BCUT2D eigenvalue weighted by molar-refractivity contribution is 0.520. The lowest BCUT2D eigenvalue weighted by Crippen LogP contribution is -2.27. The zero-order valence-corrected chi connectivity index (χ0v) is 13.7. The molecule has 0 spiro atoms. The number of anilines is 1. The summed E-state index contributed by atoms with van der Waals surface area (Å²) in [5, 5.41) is 3.29. The highest BCUT2D eigenvalue weighted by Gasteiger charge is 2.29. The van der Waals surface area contributed by atoms with E-state index in [0.29, 0.717) is 0 Å². The van der Waals surface area contributed by atoms with Crippen molar-refractivity contribution < 1.29 is 8.42 Å². The minimum atomic E-state index is -3.40. The summed E-state index contributed by atoms with van der Waals surface area (Å²) in [7, 11) is -0.370.